The monoisotopic (exact) mass is 198 g/mol. The van der Waals surface area contributed by atoms with Gasteiger partial charge in [0.1, 0.15) is 0 Å². The Morgan fingerprint density at radius 3 is 2.71 bits per heavy atom. The zero-order valence-corrected chi connectivity index (χ0v) is 9.89. The first-order valence-electron chi connectivity index (χ1n) is 6.37. The molecule has 0 bridgehead atoms. The van der Waals surface area contributed by atoms with Gasteiger partial charge in [0.2, 0.25) is 0 Å². The normalized spacial score (nSPS) is 33.2. The fourth-order valence-corrected chi connectivity index (χ4v) is 2.93. The Labute approximate surface area is 88.9 Å². The summed E-state index contributed by atoms with van der Waals surface area (Å²) in [6.07, 6.45) is 10.4. The van der Waals surface area contributed by atoms with Crippen LogP contribution >= 0.6 is 0 Å². The Balaban J connectivity index is 2.49. The van der Waals surface area contributed by atoms with E-state index in [2.05, 4.69) is 13.8 Å². The van der Waals surface area contributed by atoms with Crippen LogP contribution in [0, 0.1) is 11.3 Å². The second kappa shape index (κ2) is 5.75. The van der Waals surface area contributed by atoms with Crippen molar-refractivity contribution in [1.82, 2.24) is 0 Å². The lowest BCUT2D eigenvalue weighted by molar-refractivity contribution is 0.0455. The predicted octanol–water partition coefficient (Wildman–Crippen LogP) is 3.76. The fraction of sp³-hybridized carbons (Fsp3) is 1.00. The van der Waals surface area contributed by atoms with E-state index in [0.29, 0.717) is 12.0 Å². The highest BCUT2D eigenvalue weighted by Gasteiger charge is 2.34. The van der Waals surface area contributed by atoms with Gasteiger partial charge in [0.15, 0.2) is 0 Å². The number of unbranched alkanes of at least 4 members (excludes halogenated alkanes) is 1. The number of rotatable bonds is 5. The summed E-state index contributed by atoms with van der Waals surface area (Å²) in [4.78, 5) is 0. The number of aliphatic hydroxyl groups is 1. The first-order valence-corrected chi connectivity index (χ1v) is 6.37. The number of aliphatic hydroxyl groups excluding tert-OH is 1. The molecule has 0 radical (unpaired) electrons. The summed E-state index contributed by atoms with van der Waals surface area (Å²) >= 11 is 0. The Bertz CT molecular complexity index is 155. The lowest BCUT2D eigenvalue weighted by Gasteiger charge is -2.39. The van der Waals surface area contributed by atoms with Crippen molar-refractivity contribution in [1.29, 1.82) is 0 Å². The van der Waals surface area contributed by atoms with Gasteiger partial charge in [-0.25, -0.2) is 0 Å². The van der Waals surface area contributed by atoms with Gasteiger partial charge in [0.25, 0.3) is 0 Å². The van der Waals surface area contributed by atoms with E-state index >= 15 is 0 Å². The van der Waals surface area contributed by atoms with Crippen LogP contribution in [-0.4, -0.2) is 11.7 Å². The van der Waals surface area contributed by atoms with Crippen LogP contribution in [0.3, 0.4) is 0 Å². The Morgan fingerprint density at radius 1 is 1.36 bits per heavy atom. The van der Waals surface area contributed by atoms with Crippen molar-refractivity contribution in [3.63, 3.8) is 0 Å². The van der Waals surface area contributed by atoms with Crippen LogP contribution in [-0.2, 0) is 0 Å². The summed E-state index contributed by atoms with van der Waals surface area (Å²) in [7, 11) is 0. The molecular formula is C13H26O. The van der Waals surface area contributed by atoms with Crippen molar-refractivity contribution in [2.45, 2.75) is 65.2 Å². The van der Waals surface area contributed by atoms with Crippen molar-refractivity contribution in [2.75, 3.05) is 6.61 Å². The fourth-order valence-electron chi connectivity index (χ4n) is 2.93. The van der Waals surface area contributed by atoms with Crippen molar-refractivity contribution in [3.05, 3.63) is 0 Å². The molecule has 1 saturated carbocycles. The zero-order valence-electron chi connectivity index (χ0n) is 9.89. The van der Waals surface area contributed by atoms with Gasteiger partial charge < -0.3 is 5.11 Å². The Kier molecular flexibility index (Phi) is 4.94. The molecule has 0 spiro atoms. The van der Waals surface area contributed by atoms with E-state index in [4.69, 9.17) is 0 Å². The standard InChI is InChI=1S/C13H26O/c1-3-5-8-13(11-14)9-6-7-12(4-2)10-13/h12,14H,3-11H2,1-2H3/t12-,13+/m1/s1. The number of hydrogen-bond donors (Lipinski definition) is 1. The van der Waals surface area contributed by atoms with Crippen LogP contribution in [0.5, 0.6) is 0 Å². The summed E-state index contributed by atoms with van der Waals surface area (Å²) in [6, 6.07) is 0. The van der Waals surface area contributed by atoms with Crippen molar-refractivity contribution in [3.8, 4) is 0 Å². The molecule has 0 saturated heterocycles. The average molecular weight is 198 g/mol. The van der Waals surface area contributed by atoms with E-state index in [9.17, 15) is 5.11 Å². The van der Waals surface area contributed by atoms with Crippen molar-refractivity contribution < 1.29 is 5.11 Å². The molecule has 1 aliphatic rings. The lowest BCUT2D eigenvalue weighted by atomic mass is 9.67. The first-order chi connectivity index (χ1) is 6.76. The van der Waals surface area contributed by atoms with Crippen LogP contribution in [0.2, 0.25) is 0 Å². The van der Waals surface area contributed by atoms with Crippen LogP contribution < -0.4 is 0 Å². The van der Waals surface area contributed by atoms with Crippen LogP contribution in [0.4, 0.5) is 0 Å². The van der Waals surface area contributed by atoms with Crippen LogP contribution in [0.25, 0.3) is 0 Å². The molecule has 0 unspecified atom stereocenters. The first kappa shape index (κ1) is 12.0. The van der Waals surface area contributed by atoms with E-state index in [1.807, 2.05) is 0 Å². The van der Waals surface area contributed by atoms with E-state index in [0.717, 1.165) is 5.92 Å². The molecule has 1 aliphatic carbocycles. The molecular weight excluding hydrogens is 172 g/mol. The van der Waals surface area contributed by atoms with Gasteiger partial charge in [-0.2, -0.15) is 0 Å². The Hall–Kier alpha value is -0.0400. The summed E-state index contributed by atoms with van der Waals surface area (Å²) in [5, 5.41) is 9.58. The van der Waals surface area contributed by atoms with E-state index in [1.54, 1.807) is 0 Å². The average Bonchev–Trinajstić information content (AvgIpc) is 2.26. The molecule has 0 heterocycles. The minimum absolute atomic E-state index is 0.301. The molecule has 1 nitrogen and oxygen atoms in total. The maximum absolute atomic E-state index is 9.58. The van der Waals surface area contributed by atoms with Gasteiger partial charge in [-0.3, -0.25) is 0 Å². The summed E-state index contributed by atoms with van der Waals surface area (Å²) in [5.41, 5.74) is 0.301. The smallest absolute Gasteiger partial charge is 0.0487 e. The lowest BCUT2D eigenvalue weighted by Crippen LogP contribution is -2.32. The second-order valence-electron chi connectivity index (χ2n) is 5.13. The van der Waals surface area contributed by atoms with Crippen LogP contribution in [0.15, 0.2) is 0 Å². The molecule has 2 atom stereocenters. The van der Waals surface area contributed by atoms with Crippen molar-refractivity contribution in [2.24, 2.45) is 11.3 Å². The molecule has 0 aromatic heterocycles. The largest absolute Gasteiger partial charge is 0.396 e. The maximum atomic E-state index is 9.58. The molecule has 1 heteroatoms. The second-order valence-corrected chi connectivity index (χ2v) is 5.13. The summed E-state index contributed by atoms with van der Waals surface area (Å²) in [5.74, 6) is 0.882. The topological polar surface area (TPSA) is 20.2 Å². The molecule has 1 fully saturated rings. The van der Waals surface area contributed by atoms with Gasteiger partial charge in [-0.1, -0.05) is 46.0 Å². The van der Waals surface area contributed by atoms with E-state index in [-0.39, 0.29) is 0 Å². The highest BCUT2D eigenvalue weighted by atomic mass is 16.3. The highest BCUT2D eigenvalue weighted by Crippen LogP contribution is 2.43. The minimum atomic E-state index is 0.301. The van der Waals surface area contributed by atoms with E-state index in [1.165, 1.54) is 51.4 Å². The maximum Gasteiger partial charge on any atom is 0.0487 e. The Morgan fingerprint density at radius 2 is 2.14 bits per heavy atom. The van der Waals surface area contributed by atoms with Gasteiger partial charge in [-0.15, -0.1) is 0 Å². The third kappa shape index (κ3) is 2.98. The zero-order chi connectivity index (χ0) is 10.4. The molecule has 0 aliphatic heterocycles. The third-order valence-corrected chi connectivity index (χ3v) is 4.01. The molecule has 14 heavy (non-hydrogen) atoms. The van der Waals surface area contributed by atoms with Gasteiger partial charge in [0, 0.05) is 6.61 Å². The minimum Gasteiger partial charge on any atom is -0.396 e. The van der Waals surface area contributed by atoms with Gasteiger partial charge >= 0.3 is 0 Å². The summed E-state index contributed by atoms with van der Waals surface area (Å²) in [6.45, 7) is 4.95. The molecule has 0 amide bonds. The van der Waals surface area contributed by atoms with E-state index < -0.39 is 0 Å². The van der Waals surface area contributed by atoms with Crippen LogP contribution in [0.1, 0.15) is 65.2 Å². The molecule has 84 valence electrons. The third-order valence-electron chi connectivity index (χ3n) is 4.01. The van der Waals surface area contributed by atoms with Gasteiger partial charge in [-0.05, 0) is 30.6 Å². The summed E-state index contributed by atoms with van der Waals surface area (Å²) < 4.78 is 0. The molecule has 0 aromatic rings. The van der Waals surface area contributed by atoms with Gasteiger partial charge in [0.05, 0.1) is 0 Å². The molecule has 1 N–H and O–H groups in total. The van der Waals surface area contributed by atoms with Crippen molar-refractivity contribution >= 4 is 0 Å². The predicted molar refractivity (Wildman–Crippen MR) is 61.3 cm³/mol. The SMILES string of the molecule is CCCC[C@]1(CO)CCC[C@@H](CC)C1. The quantitative estimate of drug-likeness (QED) is 0.713. The molecule has 1 rings (SSSR count). The highest BCUT2D eigenvalue weighted by molar-refractivity contribution is 4.85. The number of hydrogen-bond acceptors (Lipinski definition) is 1. The molecule has 0 aromatic carbocycles.